The van der Waals surface area contributed by atoms with E-state index < -0.39 is 5.54 Å². The first-order chi connectivity index (χ1) is 8.89. The number of primary amides is 1. The Kier molecular flexibility index (Phi) is 6.27. The molecular weight excluding hydrogens is 238 g/mol. The zero-order valence-corrected chi connectivity index (χ0v) is 13.0. The monoisotopic (exact) mass is 269 g/mol. The molecule has 0 aliphatic carbocycles. The molecule has 3 unspecified atom stereocenters. The summed E-state index contributed by atoms with van der Waals surface area (Å²) in [5.74, 6) is 1.40. The average Bonchev–Trinajstić information content (AvgIpc) is 2.65. The maximum Gasteiger partial charge on any atom is 0.237 e. The number of rotatable bonds is 8. The third-order valence-electron chi connectivity index (χ3n) is 4.58. The molecule has 1 saturated heterocycles. The van der Waals surface area contributed by atoms with Crippen molar-refractivity contribution < 1.29 is 4.79 Å². The van der Waals surface area contributed by atoms with Crippen LogP contribution in [-0.2, 0) is 4.79 Å². The minimum Gasteiger partial charge on any atom is -0.368 e. The third kappa shape index (κ3) is 4.77. The lowest BCUT2D eigenvalue weighted by molar-refractivity contribution is -0.124. The summed E-state index contributed by atoms with van der Waals surface area (Å²) in [7, 11) is 0. The van der Waals surface area contributed by atoms with Gasteiger partial charge in [-0.2, -0.15) is 0 Å². The minimum absolute atomic E-state index is 0.238. The van der Waals surface area contributed by atoms with Gasteiger partial charge >= 0.3 is 0 Å². The molecule has 0 spiro atoms. The van der Waals surface area contributed by atoms with Gasteiger partial charge in [0.25, 0.3) is 0 Å². The Hall–Kier alpha value is -0.610. The lowest BCUT2D eigenvalue weighted by atomic mass is 9.94. The molecule has 3 N–H and O–H groups in total. The molecule has 19 heavy (non-hydrogen) atoms. The number of likely N-dealkylation sites (N-methyl/N-ethyl adjacent to an activating group) is 1. The summed E-state index contributed by atoms with van der Waals surface area (Å²) >= 11 is 0. The predicted octanol–water partition coefficient (Wildman–Crippen LogP) is 1.60. The molecule has 0 radical (unpaired) electrons. The van der Waals surface area contributed by atoms with Gasteiger partial charge in [-0.15, -0.1) is 0 Å². The zero-order chi connectivity index (χ0) is 14.5. The van der Waals surface area contributed by atoms with Crippen molar-refractivity contribution in [2.75, 3.05) is 26.2 Å². The van der Waals surface area contributed by atoms with E-state index in [1.54, 1.807) is 0 Å². The van der Waals surface area contributed by atoms with Gasteiger partial charge in [0, 0.05) is 13.1 Å². The van der Waals surface area contributed by atoms with Crippen LogP contribution in [0.3, 0.4) is 0 Å². The highest BCUT2D eigenvalue weighted by molar-refractivity contribution is 5.84. The van der Waals surface area contributed by atoms with E-state index in [0.29, 0.717) is 0 Å². The molecular formula is C15H31N3O. The van der Waals surface area contributed by atoms with Gasteiger partial charge in [0.1, 0.15) is 0 Å². The number of carbonyl (C=O) groups is 1. The molecule has 0 saturated carbocycles. The molecule has 1 aliphatic rings. The minimum atomic E-state index is -0.541. The molecule has 4 nitrogen and oxygen atoms in total. The van der Waals surface area contributed by atoms with Gasteiger partial charge in [-0.25, -0.2) is 0 Å². The van der Waals surface area contributed by atoms with Gasteiger partial charge in [-0.3, -0.25) is 4.79 Å². The summed E-state index contributed by atoms with van der Waals surface area (Å²) in [4.78, 5) is 14.0. The van der Waals surface area contributed by atoms with Crippen LogP contribution in [0.15, 0.2) is 0 Å². The first-order valence-electron chi connectivity index (χ1n) is 7.66. The highest BCUT2D eigenvalue weighted by Gasteiger charge is 2.29. The standard InChI is InChI=1S/C15H31N3O/c1-5-17-15(4,14(16)19)8-6-7-9-18-10-12(2)13(3)11-18/h12-13,17H,5-11H2,1-4H3,(H2,16,19). The summed E-state index contributed by atoms with van der Waals surface area (Å²) in [5.41, 5.74) is 4.94. The van der Waals surface area contributed by atoms with E-state index in [4.69, 9.17) is 5.73 Å². The van der Waals surface area contributed by atoms with Crippen molar-refractivity contribution >= 4 is 5.91 Å². The fourth-order valence-corrected chi connectivity index (χ4v) is 2.93. The molecule has 3 atom stereocenters. The quantitative estimate of drug-likeness (QED) is 0.658. The Balaban J connectivity index is 2.24. The lowest BCUT2D eigenvalue weighted by Gasteiger charge is -2.27. The van der Waals surface area contributed by atoms with Crippen molar-refractivity contribution in [3.05, 3.63) is 0 Å². The Morgan fingerprint density at radius 1 is 1.32 bits per heavy atom. The second-order valence-electron chi connectivity index (χ2n) is 6.40. The summed E-state index contributed by atoms with van der Waals surface area (Å²) in [6.07, 6.45) is 3.02. The first kappa shape index (κ1) is 16.4. The second-order valence-corrected chi connectivity index (χ2v) is 6.40. The number of nitrogens with zero attached hydrogens (tertiary/aromatic N) is 1. The van der Waals surface area contributed by atoms with Crippen LogP contribution in [0.2, 0.25) is 0 Å². The van der Waals surface area contributed by atoms with Crippen LogP contribution >= 0.6 is 0 Å². The largest absolute Gasteiger partial charge is 0.368 e. The third-order valence-corrected chi connectivity index (χ3v) is 4.58. The van der Waals surface area contributed by atoms with Crippen LogP contribution in [0.5, 0.6) is 0 Å². The van der Waals surface area contributed by atoms with Gasteiger partial charge in [0.15, 0.2) is 0 Å². The number of hydrogen-bond acceptors (Lipinski definition) is 3. The molecule has 1 rings (SSSR count). The van der Waals surface area contributed by atoms with Crippen LogP contribution in [0.4, 0.5) is 0 Å². The molecule has 0 bridgehead atoms. The fraction of sp³-hybridized carbons (Fsp3) is 0.933. The van der Waals surface area contributed by atoms with Gasteiger partial charge in [0.2, 0.25) is 5.91 Å². The molecule has 1 fully saturated rings. The van der Waals surface area contributed by atoms with Gasteiger partial charge in [0.05, 0.1) is 5.54 Å². The Morgan fingerprint density at radius 2 is 1.89 bits per heavy atom. The van der Waals surface area contributed by atoms with E-state index in [1.165, 1.54) is 13.1 Å². The van der Waals surface area contributed by atoms with Crippen LogP contribution < -0.4 is 11.1 Å². The average molecular weight is 269 g/mol. The Morgan fingerprint density at radius 3 is 2.37 bits per heavy atom. The maximum atomic E-state index is 11.5. The number of carbonyl (C=O) groups excluding carboxylic acids is 1. The van der Waals surface area contributed by atoms with E-state index in [1.807, 2.05) is 13.8 Å². The van der Waals surface area contributed by atoms with Crippen LogP contribution in [0, 0.1) is 11.8 Å². The second kappa shape index (κ2) is 7.25. The van der Waals surface area contributed by atoms with Crippen molar-refractivity contribution in [2.24, 2.45) is 17.6 Å². The van der Waals surface area contributed by atoms with Crippen molar-refractivity contribution in [3.63, 3.8) is 0 Å². The number of amides is 1. The first-order valence-corrected chi connectivity index (χ1v) is 7.66. The number of hydrogen-bond donors (Lipinski definition) is 2. The number of nitrogens with one attached hydrogen (secondary N) is 1. The molecule has 0 aromatic heterocycles. The van der Waals surface area contributed by atoms with E-state index in [9.17, 15) is 4.79 Å². The van der Waals surface area contributed by atoms with Crippen LogP contribution in [-0.4, -0.2) is 42.5 Å². The van der Waals surface area contributed by atoms with Crippen molar-refractivity contribution in [1.82, 2.24) is 10.2 Å². The normalized spacial score (nSPS) is 27.4. The highest BCUT2D eigenvalue weighted by atomic mass is 16.1. The topological polar surface area (TPSA) is 58.4 Å². The lowest BCUT2D eigenvalue weighted by Crippen LogP contribution is -2.53. The maximum absolute atomic E-state index is 11.5. The zero-order valence-electron chi connectivity index (χ0n) is 13.0. The van der Waals surface area contributed by atoms with Crippen LogP contribution in [0.25, 0.3) is 0 Å². The van der Waals surface area contributed by atoms with Crippen molar-refractivity contribution in [1.29, 1.82) is 0 Å². The summed E-state index contributed by atoms with van der Waals surface area (Å²) in [6, 6.07) is 0. The number of unbranched alkanes of at least 4 members (excludes halogenated alkanes) is 1. The molecule has 0 aromatic rings. The Labute approximate surface area is 118 Å². The summed E-state index contributed by atoms with van der Waals surface area (Å²) in [6.45, 7) is 13.0. The molecule has 112 valence electrons. The SMILES string of the molecule is CCNC(C)(CCCCN1CC(C)C(C)C1)C(N)=O. The van der Waals surface area contributed by atoms with Crippen molar-refractivity contribution in [3.8, 4) is 0 Å². The highest BCUT2D eigenvalue weighted by Crippen LogP contribution is 2.22. The van der Waals surface area contributed by atoms with Gasteiger partial charge in [-0.05, 0) is 51.1 Å². The van der Waals surface area contributed by atoms with Crippen LogP contribution in [0.1, 0.15) is 47.0 Å². The molecule has 4 heteroatoms. The van der Waals surface area contributed by atoms with Gasteiger partial charge in [-0.1, -0.05) is 20.8 Å². The van der Waals surface area contributed by atoms with Crippen molar-refractivity contribution in [2.45, 2.75) is 52.5 Å². The molecule has 1 heterocycles. The summed E-state index contributed by atoms with van der Waals surface area (Å²) < 4.78 is 0. The smallest absolute Gasteiger partial charge is 0.237 e. The van der Waals surface area contributed by atoms with E-state index in [-0.39, 0.29) is 5.91 Å². The molecule has 1 aliphatic heterocycles. The predicted molar refractivity (Wildman–Crippen MR) is 79.9 cm³/mol. The fourth-order valence-electron chi connectivity index (χ4n) is 2.93. The number of likely N-dealkylation sites (tertiary alicyclic amines) is 1. The summed E-state index contributed by atoms with van der Waals surface area (Å²) in [5, 5.41) is 3.21. The Bertz CT molecular complexity index is 285. The van der Waals surface area contributed by atoms with Gasteiger partial charge < -0.3 is 16.0 Å². The molecule has 1 amide bonds. The number of nitrogens with two attached hydrogens (primary N) is 1. The van der Waals surface area contributed by atoms with E-state index >= 15 is 0 Å². The molecule has 0 aromatic carbocycles. The van der Waals surface area contributed by atoms with E-state index in [2.05, 4.69) is 24.1 Å². The van der Waals surface area contributed by atoms with E-state index in [0.717, 1.165) is 44.2 Å².